The van der Waals surface area contributed by atoms with Crippen LogP contribution in [0.3, 0.4) is 0 Å². The SMILES string of the molecule is C#CCOc1c(Br)cc([C@H]2C(C#N)=C(N)N(C)C3=C2C(=O)CCC3)cc1OCC. The van der Waals surface area contributed by atoms with Crippen LogP contribution in [0, 0.1) is 23.7 Å². The molecule has 0 aromatic heterocycles. The van der Waals surface area contributed by atoms with Crippen molar-refractivity contribution < 1.29 is 14.3 Å². The van der Waals surface area contributed by atoms with E-state index in [4.69, 9.17) is 21.6 Å². The average molecular weight is 456 g/mol. The summed E-state index contributed by atoms with van der Waals surface area (Å²) in [6.07, 6.45) is 7.30. The van der Waals surface area contributed by atoms with Crippen molar-refractivity contribution in [3.05, 3.63) is 44.8 Å². The van der Waals surface area contributed by atoms with E-state index in [1.165, 1.54) is 0 Å². The summed E-state index contributed by atoms with van der Waals surface area (Å²) in [7, 11) is 1.80. The number of hydrogen-bond donors (Lipinski definition) is 1. The summed E-state index contributed by atoms with van der Waals surface area (Å²) in [6.45, 7) is 2.38. The molecule has 0 fully saturated rings. The maximum absolute atomic E-state index is 12.9. The zero-order valence-corrected chi connectivity index (χ0v) is 18.0. The van der Waals surface area contributed by atoms with Gasteiger partial charge in [-0.3, -0.25) is 4.79 Å². The van der Waals surface area contributed by atoms with Gasteiger partial charge >= 0.3 is 0 Å². The third-order valence-corrected chi connectivity index (χ3v) is 5.72. The molecule has 6 nitrogen and oxygen atoms in total. The molecule has 0 bridgehead atoms. The average Bonchev–Trinajstić information content (AvgIpc) is 2.70. The zero-order chi connectivity index (χ0) is 21.1. The number of nitrogens with zero attached hydrogens (tertiary/aromatic N) is 2. The lowest BCUT2D eigenvalue weighted by atomic mass is 9.76. The van der Waals surface area contributed by atoms with Crippen molar-refractivity contribution in [3.8, 4) is 29.9 Å². The smallest absolute Gasteiger partial charge is 0.176 e. The molecule has 29 heavy (non-hydrogen) atoms. The van der Waals surface area contributed by atoms with Crippen LogP contribution < -0.4 is 15.2 Å². The van der Waals surface area contributed by atoms with Crippen molar-refractivity contribution in [1.29, 1.82) is 5.26 Å². The van der Waals surface area contributed by atoms with Gasteiger partial charge in [0.1, 0.15) is 12.4 Å². The molecular formula is C22H22BrN3O3. The Morgan fingerprint density at radius 1 is 1.38 bits per heavy atom. The molecule has 2 N–H and O–H groups in total. The second-order valence-electron chi connectivity index (χ2n) is 6.80. The number of halogens is 1. The summed E-state index contributed by atoms with van der Waals surface area (Å²) >= 11 is 3.52. The fourth-order valence-electron chi connectivity index (χ4n) is 3.87. The van der Waals surface area contributed by atoms with E-state index >= 15 is 0 Å². The molecule has 7 heteroatoms. The van der Waals surface area contributed by atoms with Gasteiger partial charge in [0.25, 0.3) is 0 Å². The highest BCUT2D eigenvalue weighted by atomic mass is 79.9. The van der Waals surface area contributed by atoms with E-state index in [1.807, 2.05) is 13.0 Å². The Labute approximate surface area is 179 Å². The summed E-state index contributed by atoms with van der Waals surface area (Å²) in [5, 5.41) is 9.86. The largest absolute Gasteiger partial charge is 0.490 e. The van der Waals surface area contributed by atoms with Gasteiger partial charge in [0.15, 0.2) is 17.3 Å². The van der Waals surface area contributed by atoms with Gasteiger partial charge in [0, 0.05) is 24.7 Å². The number of carbonyl (C=O) groups is 1. The minimum absolute atomic E-state index is 0.0464. The maximum Gasteiger partial charge on any atom is 0.176 e. The minimum Gasteiger partial charge on any atom is -0.490 e. The molecule has 3 rings (SSSR count). The second kappa shape index (κ2) is 8.63. The van der Waals surface area contributed by atoms with E-state index in [2.05, 4.69) is 27.9 Å². The Morgan fingerprint density at radius 2 is 2.14 bits per heavy atom. The van der Waals surface area contributed by atoms with E-state index in [1.54, 1.807) is 18.0 Å². The van der Waals surface area contributed by atoms with Crippen LogP contribution in [0.25, 0.3) is 0 Å². The molecule has 1 heterocycles. The van der Waals surface area contributed by atoms with Gasteiger partial charge in [0.2, 0.25) is 0 Å². The Bertz CT molecular complexity index is 998. The lowest BCUT2D eigenvalue weighted by Gasteiger charge is -2.37. The number of benzene rings is 1. The Hall–Kier alpha value is -2.90. The number of rotatable bonds is 5. The van der Waals surface area contributed by atoms with Crippen LogP contribution >= 0.6 is 15.9 Å². The summed E-state index contributed by atoms with van der Waals surface area (Å²) < 4.78 is 12.0. The molecule has 0 amide bonds. The normalized spacial score (nSPS) is 18.9. The summed E-state index contributed by atoms with van der Waals surface area (Å²) in [5.74, 6) is 3.29. The zero-order valence-electron chi connectivity index (χ0n) is 16.4. The van der Waals surface area contributed by atoms with Gasteiger partial charge in [-0.15, -0.1) is 6.42 Å². The topological polar surface area (TPSA) is 88.6 Å². The molecule has 0 radical (unpaired) electrons. The molecule has 1 aromatic rings. The number of allylic oxidation sites excluding steroid dienone is 3. The predicted octanol–water partition coefficient (Wildman–Crippen LogP) is 3.59. The van der Waals surface area contributed by atoms with Gasteiger partial charge in [-0.25, -0.2) is 0 Å². The molecule has 0 unspecified atom stereocenters. The number of ketones is 1. The Balaban J connectivity index is 2.21. The number of terminal acetylenes is 1. The van der Waals surface area contributed by atoms with Crippen molar-refractivity contribution in [2.75, 3.05) is 20.3 Å². The summed E-state index contributed by atoms with van der Waals surface area (Å²) in [4.78, 5) is 14.7. The first kappa shape index (κ1) is 20.8. The van der Waals surface area contributed by atoms with E-state index < -0.39 is 5.92 Å². The van der Waals surface area contributed by atoms with Crippen LogP contribution in [0.4, 0.5) is 0 Å². The molecular weight excluding hydrogens is 434 g/mol. The predicted molar refractivity (Wildman–Crippen MR) is 113 cm³/mol. The molecule has 0 saturated heterocycles. The highest BCUT2D eigenvalue weighted by Crippen LogP contribution is 2.47. The number of Topliss-reactive ketones (excluding diaryl/α,β-unsaturated/α-hetero) is 1. The first-order chi connectivity index (χ1) is 13.9. The maximum atomic E-state index is 12.9. The lowest BCUT2D eigenvalue weighted by molar-refractivity contribution is -0.116. The van der Waals surface area contributed by atoms with Crippen LogP contribution in [0.5, 0.6) is 11.5 Å². The van der Waals surface area contributed by atoms with Crippen LogP contribution in [-0.2, 0) is 4.79 Å². The van der Waals surface area contributed by atoms with Crippen molar-refractivity contribution in [2.45, 2.75) is 32.1 Å². The Morgan fingerprint density at radius 3 is 2.79 bits per heavy atom. The van der Waals surface area contributed by atoms with Crippen molar-refractivity contribution in [1.82, 2.24) is 4.90 Å². The molecule has 150 valence electrons. The van der Waals surface area contributed by atoms with Crippen LogP contribution in [0.1, 0.15) is 37.7 Å². The number of carbonyl (C=O) groups excluding carboxylic acids is 1. The first-order valence-corrected chi connectivity index (χ1v) is 10.2. The van der Waals surface area contributed by atoms with Crippen LogP contribution in [0.15, 0.2) is 39.3 Å². The standard InChI is InChI=1S/C22H22BrN3O3/c1-4-9-29-21-15(23)10-13(11-18(21)28-5-2)19-14(12-24)22(25)26(3)16-7-6-8-17(27)20(16)19/h1,10-11,19H,5-9,25H2,2-3H3/t19-/m0/s1. The van der Waals surface area contributed by atoms with E-state index in [9.17, 15) is 10.1 Å². The molecule has 1 aliphatic heterocycles. The van der Waals surface area contributed by atoms with Crippen molar-refractivity contribution >= 4 is 21.7 Å². The fraction of sp³-hybridized carbons (Fsp3) is 0.364. The van der Waals surface area contributed by atoms with E-state index in [0.29, 0.717) is 46.0 Å². The number of ether oxygens (including phenoxy) is 2. The van der Waals surface area contributed by atoms with E-state index in [-0.39, 0.29) is 12.4 Å². The van der Waals surface area contributed by atoms with Gasteiger partial charge in [-0.05, 0) is 53.4 Å². The van der Waals surface area contributed by atoms with Crippen molar-refractivity contribution in [2.24, 2.45) is 5.73 Å². The Kier molecular flexibility index (Phi) is 6.20. The van der Waals surface area contributed by atoms with Crippen molar-refractivity contribution in [3.63, 3.8) is 0 Å². The highest BCUT2D eigenvalue weighted by molar-refractivity contribution is 9.10. The fourth-order valence-corrected chi connectivity index (χ4v) is 4.44. The van der Waals surface area contributed by atoms with Gasteiger partial charge in [-0.1, -0.05) is 5.92 Å². The highest BCUT2D eigenvalue weighted by Gasteiger charge is 2.39. The van der Waals surface area contributed by atoms with Gasteiger partial charge < -0.3 is 20.1 Å². The van der Waals surface area contributed by atoms with Crippen LogP contribution in [0.2, 0.25) is 0 Å². The van der Waals surface area contributed by atoms with Gasteiger partial charge in [0.05, 0.1) is 28.6 Å². The first-order valence-electron chi connectivity index (χ1n) is 9.36. The van der Waals surface area contributed by atoms with Crippen LogP contribution in [-0.4, -0.2) is 30.9 Å². The molecule has 1 atom stereocenters. The molecule has 2 aliphatic rings. The number of nitriles is 1. The summed E-state index contributed by atoms with van der Waals surface area (Å²) in [5.41, 5.74) is 8.90. The number of hydrogen-bond acceptors (Lipinski definition) is 6. The van der Waals surface area contributed by atoms with Gasteiger partial charge in [-0.2, -0.15) is 5.26 Å². The third kappa shape index (κ3) is 3.71. The van der Waals surface area contributed by atoms with E-state index in [0.717, 1.165) is 24.1 Å². The molecule has 0 spiro atoms. The molecule has 0 saturated carbocycles. The quantitative estimate of drug-likeness (QED) is 0.682. The monoisotopic (exact) mass is 455 g/mol. The minimum atomic E-state index is -0.545. The number of nitrogens with two attached hydrogens (primary N) is 1. The summed E-state index contributed by atoms with van der Waals surface area (Å²) in [6, 6.07) is 5.85. The molecule has 1 aliphatic carbocycles. The third-order valence-electron chi connectivity index (χ3n) is 5.13. The second-order valence-corrected chi connectivity index (χ2v) is 7.65. The molecule has 1 aromatic carbocycles. The lowest BCUT2D eigenvalue weighted by Crippen LogP contribution is -2.36.